The number of hydrogen-bond acceptors (Lipinski definition) is 6. The standard InChI is InChI=1S/C19H28N4OS2/c1-3-4-20-17-22-23-18(26-17)25-11-16(24)21-12(2)19-8-13-5-14(9-19)7-15(6-13)10-19/h3,12-15H,1,4-11H2,2H3,(H,20,22)(H,21,24). The molecule has 1 unspecified atom stereocenters. The molecule has 4 bridgehead atoms. The van der Waals surface area contributed by atoms with Crippen molar-refractivity contribution >= 4 is 34.1 Å². The first-order valence-corrected chi connectivity index (χ1v) is 11.5. The fourth-order valence-corrected chi connectivity index (χ4v) is 7.34. The molecule has 0 aromatic carbocycles. The number of aromatic nitrogens is 2. The SMILES string of the molecule is C=CCNc1nnc(SCC(=O)NC(C)C23CC4CC(CC(C4)C2)C3)s1. The van der Waals surface area contributed by atoms with Gasteiger partial charge in [0.15, 0.2) is 4.34 Å². The average molecular weight is 393 g/mol. The molecule has 1 amide bonds. The first-order valence-electron chi connectivity index (χ1n) is 9.67. The monoisotopic (exact) mass is 392 g/mol. The predicted molar refractivity (Wildman–Crippen MR) is 108 cm³/mol. The van der Waals surface area contributed by atoms with Crippen LogP contribution in [-0.2, 0) is 4.79 Å². The Bertz CT molecular complexity index is 639. The second-order valence-corrected chi connectivity index (χ2v) is 10.6. The summed E-state index contributed by atoms with van der Waals surface area (Å²) >= 11 is 2.95. The maximum absolute atomic E-state index is 12.5. The van der Waals surface area contributed by atoms with Crippen LogP contribution in [-0.4, -0.2) is 34.4 Å². The van der Waals surface area contributed by atoms with Crippen molar-refractivity contribution in [3.8, 4) is 0 Å². The predicted octanol–water partition coefficient (Wildman–Crippen LogP) is 3.95. The number of nitrogens with zero attached hydrogens (tertiary/aromatic N) is 2. The van der Waals surface area contributed by atoms with E-state index in [2.05, 4.69) is 34.3 Å². The van der Waals surface area contributed by atoms with Gasteiger partial charge in [-0.1, -0.05) is 29.2 Å². The van der Waals surface area contributed by atoms with Gasteiger partial charge >= 0.3 is 0 Å². The second-order valence-electron chi connectivity index (χ2n) is 8.40. The van der Waals surface area contributed by atoms with Gasteiger partial charge in [-0.2, -0.15) is 0 Å². The van der Waals surface area contributed by atoms with Gasteiger partial charge in [0.05, 0.1) is 5.75 Å². The lowest BCUT2D eigenvalue weighted by Crippen LogP contribution is -2.56. The van der Waals surface area contributed by atoms with Crippen LogP contribution in [0.4, 0.5) is 5.13 Å². The Morgan fingerprint density at radius 3 is 2.58 bits per heavy atom. The van der Waals surface area contributed by atoms with Gasteiger partial charge in [-0.15, -0.1) is 16.8 Å². The maximum atomic E-state index is 12.5. The normalized spacial score (nSPS) is 33.0. The Morgan fingerprint density at radius 1 is 1.31 bits per heavy atom. The van der Waals surface area contributed by atoms with Gasteiger partial charge in [-0.25, -0.2) is 0 Å². The van der Waals surface area contributed by atoms with E-state index in [1.807, 2.05) is 0 Å². The number of nitrogens with one attached hydrogen (secondary N) is 2. The Balaban J connectivity index is 1.28. The first kappa shape index (κ1) is 18.3. The Hall–Kier alpha value is -1.08. The summed E-state index contributed by atoms with van der Waals surface area (Å²) in [5.41, 5.74) is 0.361. The van der Waals surface area contributed by atoms with E-state index < -0.39 is 0 Å². The highest BCUT2D eigenvalue weighted by Crippen LogP contribution is 2.61. The van der Waals surface area contributed by atoms with Gasteiger partial charge in [0, 0.05) is 12.6 Å². The molecule has 0 saturated heterocycles. The molecular formula is C19H28N4OS2. The second kappa shape index (κ2) is 7.50. The summed E-state index contributed by atoms with van der Waals surface area (Å²) in [6.45, 7) is 6.58. The number of carbonyl (C=O) groups excluding carboxylic acids is 1. The zero-order valence-corrected chi connectivity index (χ0v) is 17.0. The van der Waals surface area contributed by atoms with Crippen molar-refractivity contribution in [3.05, 3.63) is 12.7 Å². The van der Waals surface area contributed by atoms with Gasteiger partial charge in [0.1, 0.15) is 0 Å². The van der Waals surface area contributed by atoms with Crippen LogP contribution in [0.3, 0.4) is 0 Å². The number of carbonyl (C=O) groups is 1. The lowest BCUT2D eigenvalue weighted by atomic mass is 9.48. The molecule has 0 radical (unpaired) electrons. The zero-order chi connectivity index (χ0) is 18.1. The number of thioether (sulfide) groups is 1. The van der Waals surface area contributed by atoms with E-state index in [1.54, 1.807) is 6.08 Å². The highest BCUT2D eigenvalue weighted by Gasteiger charge is 2.53. The highest BCUT2D eigenvalue weighted by molar-refractivity contribution is 8.01. The van der Waals surface area contributed by atoms with Crippen LogP contribution in [0.1, 0.15) is 45.4 Å². The third-order valence-electron chi connectivity index (χ3n) is 6.51. The van der Waals surface area contributed by atoms with E-state index in [-0.39, 0.29) is 11.9 Å². The molecule has 0 aliphatic heterocycles. The maximum Gasteiger partial charge on any atom is 0.230 e. The van der Waals surface area contributed by atoms with Crippen molar-refractivity contribution in [2.24, 2.45) is 23.2 Å². The molecule has 1 aromatic heterocycles. The molecule has 5 nitrogen and oxygen atoms in total. The van der Waals surface area contributed by atoms with Gasteiger partial charge in [-0.3, -0.25) is 4.79 Å². The molecule has 0 spiro atoms. The highest BCUT2D eigenvalue weighted by atomic mass is 32.2. The molecule has 4 aliphatic rings. The smallest absolute Gasteiger partial charge is 0.230 e. The fourth-order valence-electron chi connectivity index (χ4n) is 5.77. The van der Waals surface area contributed by atoms with Crippen molar-refractivity contribution in [2.75, 3.05) is 17.6 Å². The van der Waals surface area contributed by atoms with E-state index in [0.29, 0.717) is 17.7 Å². The van der Waals surface area contributed by atoms with Gasteiger partial charge in [0.2, 0.25) is 11.0 Å². The van der Waals surface area contributed by atoms with Crippen LogP contribution >= 0.6 is 23.1 Å². The number of hydrogen-bond donors (Lipinski definition) is 2. The molecule has 7 heteroatoms. The van der Waals surface area contributed by atoms with E-state index in [0.717, 1.165) is 27.2 Å². The van der Waals surface area contributed by atoms with Crippen LogP contribution in [0.25, 0.3) is 0 Å². The quantitative estimate of drug-likeness (QED) is 0.518. The van der Waals surface area contributed by atoms with E-state index >= 15 is 0 Å². The van der Waals surface area contributed by atoms with Crippen LogP contribution in [0, 0.1) is 23.2 Å². The summed E-state index contributed by atoms with van der Waals surface area (Å²) < 4.78 is 0.828. The Labute approximate surface area is 163 Å². The lowest BCUT2D eigenvalue weighted by molar-refractivity contribution is -0.123. The Kier molecular flexibility index (Phi) is 5.28. The lowest BCUT2D eigenvalue weighted by Gasteiger charge is -2.59. The summed E-state index contributed by atoms with van der Waals surface area (Å²) in [5.74, 6) is 3.27. The van der Waals surface area contributed by atoms with Crippen molar-refractivity contribution < 1.29 is 4.79 Å². The number of anilines is 1. The molecule has 1 aromatic rings. The Morgan fingerprint density at radius 2 is 1.96 bits per heavy atom. The molecule has 142 valence electrons. The first-order chi connectivity index (χ1) is 12.6. The van der Waals surface area contributed by atoms with Crippen LogP contribution < -0.4 is 10.6 Å². The van der Waals surface area contributed by atoms with Gasteiger partial charge in [0.25, 0.3) is 0 Å². The van der Waals surface area contributed by atoms with Crippen molar-refractivity contribution in [3.63, 3.8) is 0 Å². The minimum absolute atomic E-state index is 0.119. The molecule has 26 heavy (non-hydrogen) atoms. The molecule has 4 aliphatic carbocycles. The minimum atomic E-state index is 0.119. The molecule has 1 atom stereocenters. The largest absolute Gasteiger partial charge is 0.357 e. The third-order valence-corrected chi connectivity index (χ3v) is 8.53. The number of rotatable bonds is 8. The zero-order valence-electron chi connectivity index (χ0n) is 15.4. The summed E-state index contributed by atoms with van der Waals surface area (Å²) in [4.78, 5) is 12.5. The summed E-state index contributed by atoms with van der Waals surface area (Å²) in [6, 6.07) is 0.281. The minimum Gasteiger partial charge on any atom is -0.357 e. The molecule has 4 saturated carbocycles. The third kappa shape index (κ3) is 3.79. The summed E-state index contributed by atoms with van der Waals surface area (Å²) in [6.07, 6.45) is 10.1. The average Bonchev–Trinajstić information content (AvgIpc) is 3.05. The molecule has 2 N–H and O–H groups in total. The number of amides is 1. The van der Waals surface area contributed by atoms with Gasteiger partial charge < -0.3 is 10.6 Å². The summed E-state index contributed by atoms with van der Waals surface area (Å²) in [5, 5.41) is 15.4. The van der Waals surface area contributed by atoms with Crippen LogP contribution in [0.15, 0.2) is 17.0 Å². The van der Waals surface area contributed by atoms with E-state index in [1.165, 1.54) is 61.6 Å². The van der Waals surface area contributed by atoms with Crippen molar-refractivity contribution in [1.29, 1.82) is 0 Å². The fraction of sp³-hybridized carbons (Fsp3) is 0.737. The van der Waals surface area contributed by atoms with E-state index in [9.17, 15) is 4.79 Å². The van der Waals surface area contributed by atoms with Gasteiger partial charge in [-0.05, 0) is 68.6 Å². The van der Waals surface area contributed by atoms with Crippen LogP contribution in [0.5, 0.6) is 0 Å². The van der Waals surface area contributed by atoms with Crippen molar-refractivity contribution in [1.82, 2.24) is 15.5 Å². The molecule has 5 rings (SSSR count). The molecule has 1 heterocycles. The molecular weight excluding hydrogens is 364 g/mol. The van der Waals surface area contributed by atoms with Crippen molar-refractivity contribution in [2.45, 2.75) is 55.8 Å². The van der Waals surface area contributed by atoms with E-state index in [4.69, 9.17) is 0 Å². The topological polar surface area (TPSA) is 66.9 Å². The molecule has 4 fully saturated rings. The van der Waals surface area contributed by atoms with Crippen LogP contribution in [0.2, 0.25) is 0 Å². The summed E-state index contributed by atoms with van der Waals surface area (Å²) in [7, 11) is 0.